The van der Waals surface area contributed by atoms with Crippen molar-refractivity contribution in [1.29, 1.82) is 0 Å². The van der Waals surface area contributed by atoms with Crippen molar-refractivity contribution in [3.8, 4) is 11.6 Å². The van der Waals surface area contributed by atoms with Crippen LogP contribution in [0.4, 0.5) is 87.8 Å². The SMILES string of the molecule is Fc1c(F)c(F)c([B-](c2c(F)c(F)c(F)c(F)c2F)(c2c(F)c(F)c(F)c(F)c2F)c2c(F)c(F)c(F)c(F)c2F)c(F)c1F.O=C(C[n+]1ccc2ccccc2c1Oc1cc2ccccc2c2ccccc12)c1ccccc1. The van der Waals surface area contributed by atoms with E-state index in [2.05, 4.69) is 48.5 Å². The minimum absolute atomic E-state index is 0.0362. The zero-order chi connectivity index (χ0) is 57.3. The first-order valence-corrected chi connectivity index (χ1v) is 22.3. The normalized spacial score (nSPS) is 11.6. The minimum atomic E-state index is -7.22. The summed E-state index contributed by atoms with van der Waals surface area (Å²) in [5, 5.41) is 6.51. The lowest BCUT2D eigenvalue weighted by atomic mass is 9.12. The van der Waals surface area contributed by atoms with Crippen LogP contribution in [0, 0.1) is 116 Å². The third-order valence-electron chi connectivity index (χ3n) is 12.9. The standard InChI is InChI=1S/C31H22NO2.C24BF20/c33-29(23-11-2-1-3-12-23)21-32-19-18-22-10-4-7-15-26(22)31(32)34-30-20-24-13-5-6-14-25(24)27-16-8-9-17-28(27)30;26-5-1(6(27)14(35)21(42)13(5)34)25(2-7(28)15(36)22(43)16(37)8(2)29,3-9(30)17(38)23(44)18(39)10(3)31)4-11(32)19(40)24(45)20(41)12(4)33/h1-20H,21H2;/q+1;-1. The van der Waals surface area contributed by atoms with Crippen LogP contribution >= 0.6 is 0 Å². The molecular formula is C55H22BF20NO2. The molecule has 0 fully saturated rings. The molecule has 0 unspecified atom stereocenters. The smallest absolute Gasteiger partial charge is 0.381 e. The van der Waals surface area contributed by atoms with Crippen molar-refractivity contribution in [3.63, 3.8) is 0 Å². The number of rotatable bonds is 9. The van der Waals surface area contributed by atoms with Gasteiger partial charge in [-0.3, -0.25) is 4.79 Å². The molecular weight excluding hydrogens is 1100 g/mol. The number of ether oxygens (including phenoxy) is 1. The molecule has 0 N–H and O–H groups in total. The predicted molar refractivity (Wildman–Crippen MR) is 246 cm³/mol. The highest BCUT2D eigenvalue weighted by atomic mass is 19.2. The largest absolute Gasteiger partial charge is 0.404 e. The second-order valence-electron chi connectivity index (χ2n) is 17.2. The average Bonchev–Trinajstić information content (AvgIpc) is 2.44. The van der Waals surface area contributed by atoms with E-state index in [-0.39, 0.29) is 12.3 Å². The lowest BCUT2D eigenvalue weighted by Crippen LogP contribution is -2.81. The monoisotopic (exact) mass is 1120 g/mol. The number of fused-ring (bicyclic) bond motifs is 4. The Bertz CT molecular complexity index is 3800. The summed E-state index contributed by atoms with van der Waals surface area (Å²) in [7, 11) is 0. The fourth-order valence-electron chi connectivity index (χ4n) is 9.42. The summed E-state index contributed by atoms with van der Waals surface area (Å²) in [6.45, 7) is 0.190. The van der Waals surface area contributed by atoms with Crippen LogP contribution in [-0.2, 0) is 6.54 Å². The van der Waals surface area contributed by atoms with Crippen molar-refractivity contribution in [2.45, 2.75) is 6.54 Å². The van der Waals surface area contributed by atoms with Crippen molar-refractivity contribution in [3.05, 3.63) is 243 Å². The Labute approximate surface area is 428 Å². The van der Waals surface area contributed by atoms with E-state index in [9.17, 15) is 57.5 Å². The molecule has 0 aliphatic rings. The van der Waals surface area contributed by atoms with Gasteiger partial charge in [0.2, 0.25) is 12.3 Å². The first kappa shape index (κ1) is 54.8. The summed E-state index contributed by atoms with van der Waals surface area (Å²) in [6.07, 6.45) is -5.28. The maximum atomic E-state index is 15.4. The number of nitrogens with zero attached hydrogens (tertiary/aromatic N) is 1. The third kappa shape index (κ3) is 8.68. The maximum absolute atomic E-state index is 15.4. The van der Waals surface area contributed by atoms with Crippen LogP contribution in [0.3, 0.4) is 0 Å². The van der Waals surface area contributed by atoms with E-state index in [1.807, 2.05) is 77.5 Å². The number of hydrogen-bond acceptors (Lipinski definition) is 2. The molecule has 1 aromatic heterocycles. The van der Waals surface area contributed by atoms with E-state index in [0.29, 0.717) is 11.4 Å². The number of halogens is 20. The fourth-order valence-corrected chi connectivity index (χ4v) is 9.42. The molecule has 0 aliphatic carbocycles. The molecule has 0 spiro atoms. The van der Waals surface area contributed by atoms with E-state index in [1.54, 1.807) is 0 Å². The van der Waals surface area contributed by atoms with E-state index in [1.165, 1.54) is 5.39 Å². The Hall–Kier alpha value is -8.96. The lowest BCUT2D eigenvalue weighted by Gasteiger charge is -2.44. The van der Waals surface area contributed by atoms with Gasteiger partial charge in [0.05, 0.1) is 5.39 Å². The number of carbonyl (C=O) groups excluding carboxylic acids is 1. The summed E-state index contributed by atoms with van der Waals surface area (Å²) in [6, 6.07) is 38.2. The fraction of sp³-hybridized carbons (Fsp3) is 0.0182. The van der Waals surface area contributed by atoms with Crippen LogP contribution in [0.5, 0.6) is 11.6 Å². The molecule has 9 aromatic carbocycles. The van der Waals surface area contributed by atoms with E-state index in [0.717, 1.165) is 32.7 Å². The van der Waals surface area contributed by atoms with Crippen molar-refractivity contribution in [1.82, 2.24) is 0 Å². The predicted octanol–water partition coefficient (Wildman–Crippen LogP) is 13.0. The second kappa shape index (κ2) is 20.8. The van der Waals surface area contributed by atoms with Crippen LogP contribution in [0.1, 0.15) is 10.4 Å². The van der Waals surface area contributed by atoms with Crippen LogP contribution in [-0.4, -0.2) is 11.9 Å². The summed E-state index contributed by atoms with van der Waals surface area (Å²) in [5.41, 5.74) is -13.6. The first-order valence-electron chi connectivity index (χ1n) is 22.3. The molecule has 3 nitrogen and oxygen atoms in total. The molecule has 10 rings (SSSR count). The van der Waals surface area contributed by atoms with Gasteiger partial charge >= 0.3 is 5.88 Å². The van der Waals surface area contributed by atoms with Crippen molar-refractivity contribution in [2.75, 3.05) is 0 Å². The van der Waals surface area contributed by atoms with E-state index >= 15 is 35.1 Å². The molecule has 0 saturated carbocycles. The van der Waals surface area contributed by atoms with Gasteiger partial charge in [0, 0.05) is 17.0 Å². The first-order chi connectivity index (χ1) is 37.5. The second-order valence-corrected chi connectivity index (χ2v) is 17.2. The van der Waals surface area contributed by atoms with Gasteiger partial charge < -0.3 is 4.74 Å². The number of pyridine rings is 1. The van der Waals surface area contributed by atoms with Gasteiger partial charge in [-0.25, -0.2) is 87.8 Å². The zero-order valence-electron chi connectivity index (χ0n) is 38.7. The molecule has 24 heteroatoms. The highest BCUT2D eigenvalue weighted by molar-refractivity contribution is 7.20. The number of benzene rings is 9. The van der Waals surface area contributed by atoms with Gasteiger partial charge in [0.1, 0.15) is 58.4 Å². The molecule has 0 amide bonds. The Morgan fingerprint density at radius 1 is 0.342 bits per heavy atom. The van der Waals surface area contributed by atoms with Gasteiger partial charge in [-0.05, 0) is 33.7 Å². The summed E-state index contributed by atoms with van der Waals surface area (Å²) in [4.78, 5) is 13.1. The number of ketones is 1. The van der Waals surface area contributed by atoms with Gasteiger partial charge in [0.15, 0.2) is 76.0 Å². The van der Waals surface area contributed by atoms with Gasteiger partial charge in [-0.15, -0.1) is 21.9 Å². The average molecular weight is 1120 g/mol. The molecule has 0 bridgehead atoms. The van der Waals surface area contributed by atoms with Crippen LogP contribution in [0.15, 0.2) is 121 Å². The Kier molecular flexibility index (Phi) is 14.4. The maximum Gasteiger partial charge on any atom is 0.381 e. The molecule has 10 aromatic rings. The summed E-state index contributed by atoms with van der Waals surface area (Å²) < 4.78 is 303. The van der Waals surface area contributed by atoms with Crippen molar-refractivity contribution in [2.24, 2.45) is 0 Å². The number of hydrogen-bond donors (Lipinski definition) is 0. The number of carbonyl (C=O) groups is 1. The molecule has 0 radical (unpaired) electrons. The molecule has 1 heterocycles. The van der Waals surface area contributed by atoms with E-state index in [4.69, 9.17) is 4.74 Å². The Balaban J connectivity index is 0.000000198. The van der Waals surface area contributed by atoms with Crippen LogP contribution in [0.2, 0.25) is 0 Å². The van der Waals surface area contributed by atoms with Gasteiger partial charge in [-0.2, -0.15) is 4.57 Å². The Morgan fingerprint density at radius 3 is 1.06 bits per heavy atom. The molecule has 0 saturated heterocycles. The van der Waals surface area contributed by atoms with Gasteiger partial charge in [0.25, 0.3) is 0 Å². The lowest BCUT2D eigenvalue weighted by molar-refractivity contribution is -0.685. The van der Waals surface area contributed by atoms with E-state index < -0.39 is 144 Å². The quantitative estimate of drug-likeness (QED) is 0.0274. The highest BCUT2D eigenvalue weighted by Gasteiger charge is 2.52. The van der Waals surface area contributed by atoms with Crippen LogP contribution in [0.25, 0.3) is 32.3 Å². The highest BCUT2D eigenvalue weighted by Crippen LogP contribution is 2.37. The zero-order valence-corrected chi connectivity index (χ0v) is 38.7. The van der Waals surface area contributed by atoms with Crippen molar-refractivity contribution >= 4 is 66.1 Å². The minimum Gasteiger partial charge on any atom is -0.404 e. The van der Waals surface area contributed by atoms with Crippen LogP contribution < -0.4 is 31.2 Å². The Morgan fingerprint density at radius 2 is 0.658 bits per heavy atom. The topological polar surface area (TPSA) is 30.2 Å². The number of aromatic nitrogens is 1. The van der Waals surface area contributed by atoms with Crippen molar-refractivity contribution < 1.29 is 102 Å². The molecule has 402 valence electrons. The number of Topliss-reactive ketones (excluding diaryl/α,β-unsaturated/α-hetero) is 1. The summed E-state index contributed by atoms with van der Waals surface area (Å²) >= 11 is 0. The molecule has 0 aliphatic heterocycles. The molecule has 0 atom stereocenters. The summed E-state index contributed by atoms with van der Waals surface area (Å²) in [5.74, 6) is -69.9. The molecule has 79 heavy (non-hydrogen) atoms. The van der Waals surface area contributed by atoms with Gasteiger partial charge in [-0.1, -0.05) is 97.1 Å². The third-order valence-corrected chi connectivity index (χ3v) is 12.9.